The quantitative estimate of drug-likeness (QED) is 0.572. The molecule has 0 spiro atoms. The summed E-state index contributed by atoms with van der Waals surface area (Å²) in [6.45, 7) is 3.19. The van der Waals surface area contributed by atoms with Crippen molar-refractivity contribution < 1.29 is 0 Å². The summed E-state index contributed by atoms with van der Waals surface area (Å²) >= 11 is 1.28. The highest BCUT2D eigenvalue weighted by Crippen LogP contribution is 2.34. The first kappa shape index (κ1) is 16.6. The molecular weight excluding hydrogens is 354 g/mol. The summed E-state index contributed by atoms with van der Waals surface area (Å²) in [4.78, 5) is 2.54. The van der Waals surface area contributed by atoms with Crippen LogP contribution >= 0.6 is 11.7 Å². The lowest BCUT2D eigenvalue weighted by atomic mass is 9.89. The Bertz CT molecular complexity index is 1030. The zero-order chi connectivity index (χ0) is 18.1. The molecule has 1 aliphatic heterocycles. The molecule has 5 nitrogen and oxygen atoms in total. The second-order valence-electron chi connectivity index (χ2n) is 7.20. The van der Waals surface area contributed by atoms with Gasteiger partial charge in [-0.15, -0.1) is 0 Å². The van der Waals surface area contributed by atoms with Crippen molar-refractivity contribution in [2.45, 2.75) is 25.3 Å². The van der Waals surface area contributed by atoms with E-state index in [-0.39, 0.29) is 0 Å². The number of H-pyrrole nitrogens is 1. The van der Waals surface area contributed by atoms with Crippen molar-refractivity contribution in [3.05, 3.63) is 66.0 Å². The molecule has 0 amide bonds. The molecule has 0 atom stereocenters. The predicted octanol–water partition coefficient (Wildman–Crippen LogP) is 4.46. The van der Waals surface area contributed by atoms with Crippen LogP contribution < -0.4 is 0 Å². The van der Waals surface area contributed by atoms with E-state index in [2.05, 4.69) is 72.4 Å². The van der Waals surface area contributed by atoms with E-state index in [4.69, 9.17) is 0 Å². The van der Waals surface area contributed by atoms with Gasteiger partial charge in [0.25, 0.3) is 0 Å². The molecular formula is C21H21N5S. The van der Waals surface area contributed by atoms with Crippen LogP contribution in [0, 0.1) is 0 Å². The Morgan fingerprint density at radius 1 is 1.00 bits per heavy atom. The van der Waals surface area contributed by atoms with Crippen LogP contribution in [0.2, 0.25) is 0 Å². The van der Waals surface area contributed by atoms with Crippen LogP contribution in [0.25, 0.3) is 22.2 Å². The Kier molecular flexibility index (Phi) is 4.43. The lowest BCUT2D eigenvalue weighted by Crippen LogP contribution is -2.32. The number of hydrogen-bond donors (Lipinski definition) is 1. The number of benzene rings is 2. The SMILES string of the molecule is c1ccc(-c2cn[nH]c2C2CCN(Cc3ccc4nsnc4c3)CC2)cc1. The molecule has 136 valence electrons. The van der Waals surface area contributed by atoms with E-state index in [9.17, 15) is 0 Å². The smallest absolute Gasteiger partial charge is 0.105 e. The van der Waals surface area contributed by atoms with Crippen LogP contribution in [0.3, 0.4) is 0 Å². The van der Waals surface area contributed by atoms with Crippen LogP contribution in [0.15, 0.2) is 54.7 Å². The number of nitrogens with zero attached hydrogens (tertiary/aromatic N) is 4. The van der Waals surface area contributed by atoms with E-state index in [0.717, 1.165) is 43.5 Å². The Balaban J connectivity index is 1.26. The maximum Gasteiger partial charge on any atom is 0.105 e. The average Bonchev–Trinajstić information content (AvgIpc) is 3.38. The Morgan fingerprint density at radius 2 is 1.81 bits per heavy atom. The topological polar surface area (TPSA) is 57.7 Å². The van der Waals surface area contributed by atoms with Gasteiger partial charge in [0.2, 0.25) is 0 Å². The Morgan fingerprint density at radius 3 is 2.67 bits per heavy atom. The van der Waals surface area contributed by atoms with Crippen LogP contribution in [0.1, 0.15) is 30.0 Å². The van der Waals surface area contributed by atoms with E-state index >= 15 is 0 Å². The van der Waals surface area contributed by atoms with Gasteiger partial charge >= 0.3 is 0 Å². The molecule has 3 heterocycles. The van der Waals surface area contributed by atoms with Crippen molar-refractivity contribution in [3.8, 4) is 11.1 Å². The first-order valence-corrected chi connectivity index (χ1v) is 10.1. The molecule has 2 aromatic heterocycles. The standard InChI is InChI=1S/C21H21N5S/c1-2-4-16(5-3-1)18-13-22-23-21(18)17-8-10-26(11-9-17)14-15-6-7-19-20(12-15)25-27-24-19/h1-7,12-13,17H,8-11,14H2,(H,22,23). The van der Waals surface area contributed by atoms with Crippen LogP contribution in [0.5, 0.6) is 0 Å². The van der Waals surface area contributed by atoms with Gasteiger partial charge < -0.3 is 0 Å². The zero-order valence-electron chi connectivity index (χ0n) is 15.0. The molecule has 0 aliphatic carbocycles. The van der Waals surface area contributed by atoms with Gasteiger partial charge in [-0.05, 0) is 49.2 Å². The van der Waals surface area contributed by atoms with E-state index in [1.165, 1.54) is 34.1 Å². The number of hydrogen-bond acceptors (Lipinski definition) is 5. The third kappa shape index (κ3) is 3.38. The molecule has 0 radical (unpaired) electrons. The fourth-order valence-corrected chi connectivity index (χ4v) is 4.54. The minimum atomic E-state index is 0.546. The second kappa shape index (κ2) is 7.21. The van der Waals surface area contributed by atoms with Crippen LogP contribution in [0.4, 0.5) is 0 Å². The molecule has 4 aromatic rings. The van der Waals surface area contributed by atoms with E-state index in [0.29, 0.717) is 5.92 Å². The highest BCUT2D eigenvalue weighted by molar-refractivity contribution is 7.00. The summed E-state index contributed by atoms with van der Waals surface area (Å²) in [5.74, 6) is 0.546. The molecule has 2 aromatic carbocycles. The van der Waals surface area contributed by atoms with Gasteiger partial charge in [0.15, 0.2) is 0 Å². The van der Waals surface area contributed by atoms with Crippen LogP contribution in [-0.2, 0) is 6.54 Å². The molecule has 27 heavy (non-hydrogen) atoms. The molecule has 0 saturated carbocycles. The number of piperidine rings is 1. The highest BCUT2D eigenvalue weighted by atomic mass is 32.1. The summed E-state index contributed by atoms with van der Waals surface area (Å²) in [6, 6.07) is 17.0. The van der Waals surface area contributed by atoms with Gasteiger partial charge in [0, 0.05) is 23.7 Å². The maximum absolute atomic E-state index is 4.36. The molecule has 5 rings (SSSR count). The highest BCUT2D eigenvalue weighted by Gasteiger charge is 2.24. The average molecular weight is 376 g/mol. The van der Waals surface area contributed by atoms with Crippen molar-refractivity contribution in [3.63, 3.8) is 0 Å². The molecule has 0 bridgehead atoms. The van der Waals surface area contributed by atoms with E-state index in [1.807, 2.05) is 6.20 Å². The Hall–Kier alpha value is -2.57. The van der Waals surface area contributed by atoms with Crippen molar-refractivity contribution in [1.82, 2.24) is 23.8 Å². The first-order valence-electron chi connectivity index (χ1n) is 9.39. The lowest BCUT2D eigenvalue weighted by Gasteiger charge is -2.32. The van der Waals surface area contributed by atoms with Crippen molar-refractivity contribution in [1.29, 1.82) is 0 Å². The fourth-order valence-electron chi connectivity index (χ4n) is 4.02. The summed E-state index contributed by atoms with van der Waals surface area (Å²) in [5.41, 5.74) is 7.10. The monoisotopic (exact) mass is 375 g/mol. The molecule has 1 saturated heterocycles. The molecule has 1 N–H and O–H groups in total. The predicted molar refractivity (Wildman–Crippen MR) is 109 cm³/mol. The number of rotatable bonds is 4. The minimum absolute atomic E-state index is 0.546. The third-order valence-corrected chi connectivity index (χ3v) is 6.03. The summed E-state index contributed by atoms with van der Waals surface area (Å²) in [6.07, 6.45) is 4.28. The fraction of sp³-hybridized carbons (Fsp3) is 0.286. The molecule has 6 heteroatoms. The summed E-state index contributed by atoms with van der Waals surface area (Å²) < 4.78 is 8.64. The zero-order valence-corrected chi connectivity index (χ0v) is 15.8. The molecule has 1 fully saturated rings. The number of fused-ring (bicyclic) bond motifs is 1. The lowest BCUT2D eigenvalue weighted by molar-refractivity contribution is 0.203. The Labute approximate surface area is 162 Å². The number of aromatic nitrogens is 4. The summed E-state index contributed by atoms with van der Waals surface area (Å²) in [5, 5.41) is 7.61. The molecule has 0 unspecified atom stereocenters. The number of nitrogens with one attached hydrogen (secondary N) is 1. The van der Waals surface area contributed by atoms with Gasteiger partial charge in [0.1, 0.15) is 11.0 Å². The second-order valence-corrected chi connectivity index (χ2v) is 7.73. The largest absolute Gasteiger partial charge is 0.299 e. The number of likely N-dealkylation sites (tertiary alicyclic amines) is 1. The van der Waals surface area contributed by atoms with Crippen molar-refractivity contribution in [2.24, 2.45) is 0 Å². The normalized spacial score (nSPS) is 16.1. The van der Waals surface area contributed by atoms with Gasteiger partial charge in [0.05, 0.1) is 17.9 Å². The maximum atomic E-state index is 4.36. The first-order chi connectivity index (χ1) is 13.4. The van der Waals surface area contributed by atoms with Crippen molar-refractivity contribution in [2.75, 3.05) is 13.1 Å². The van der Waals surface area contributed by atoms with Gasteiger partial charge in [-0.3, -0.25) is 10.00 Å². The van der Waals surface area contributed by atoms with Crippen LogP contribution in [-0.4, -0.2) is 36.9 Å². The van der Waals surface area contributed by atoms with E-state index in [1.54, 1.807) is 0 Å². The van der Waals surface area contributed by atoms with E-state index < -0.39 is 0 Å². The number of aromatic amines is 1. The van der Waals surface area contributed by atoms with Gasteiger partial charge in [-0.2, -0.15) is 13.8 Å². The van der Waals surface area contributed by atoms with Crippen molar-refractivity contribution >= 4 is 22.8 Å². The van der Waals surface area contributed by atoms with Gasteiger partial charge in [-0.1, -0.05) is 36.4 Å². The molecule has 1 aliphatic rings. The van der Waals surface area contributed by atoms with Gasteiger partial charge in [-0.25, -0.2) is 0 Å². The summed E-state index contributed by atoms with van der Waals surface area (Å²) in [7, 11) is 0. The minimum Gasteiger partial charge on any atom is -0.299 e. The third-order valence-electron chi connectivity index (χ3n) is 5.47.